The summed E-state index contributed by atoms with van der Waals surface area (Å²) < 4.78 is 0. The fourth-order valence-electron chi connectivity index (χ4n) is 0. The van der Waals surface area contributed by atoms with Crippen LogP contribution in [0.15, 0.2) is 0 Å². The molecule has 5 nitrogen and oxygen atoms in total. The largest absolute Gasteiger partial charge is 0.324 e. The molecule has 0 aliphatic carbocycles. The fraction of sp³-hybridized carbons (Fsp3) is 1.00. The minimum absolute atomic E-state index is 0. The van der Waals surface area contributed by atoms with E-state index in [1.54, 1.807) is 0 Å². The van der Waals surface area contributed by atoms with Gasteiger partial charge in [-0.15, -0.1) is 24.8 Å². The summed E-state index contributed by atoms with van der Waals surface area (Å²) in [5.74, 6) is -1.78. The van der Waals surface area contributed by atoms with Crippen molar-refractivity contribution < 1.29 is 4.92 Å². The first-order chi connectivity index (χ1) is 2.94. The van der Waals surface area contributed by atoms with Gasteiger partial charge in [-0.3, -0.25) is 21.6 Å². The Hall–Kier alpha value is -0.100. The third-order valence-corrected chi connectivity index (χ3v) is 0.393. The SMILES string of the molecule is CC(N)(N)[N+](=O)[O-].Cl.Cl. The average molecular weight is 178 g/mol. The Bertz CT molecular complexity index is 90.3. The lowest BCUT2D eigenvalue weighted by Gasteiger charge is -2.05. The van der Waals surface area contributed by atoms with Gasteiger partial charge in [-0.25, -0.2) is 0 Å². The first-order valence-corrected chi connectivity index (χ1v) is 1.67. The van der Waals surface area contributed by atoms with Crippen LogP contribution in [0.4, 0.5) is 0 Å². The van der Waals surface area contributed by atoms with E-state index in [-0.39, 0.29) is 24.8 Å². The zero-order chi connectivity index (χ0) is 6.08. The first kappa shape index (κ1) is 16.0. The molecule has 0 radical (unpaired) electrons. The molecule has 0 aromatic heterocycles. The van der Waals surface area contributed by atoms with E-state index in [4.69, 9.17) is 11.5 Å². The highest BCUT2D eigenvalue weighted by atomic mass is 35.5. The van der Waals surface area contributed by atoms with Crippen LogP contribution < -0.4 is 11.5 Å². The average Bonchev–Trinajstić information content (AvgIpc) is 1.31. The fourth-order valence-corrected chi connectivity index (χ4v) is 0. The van der Waals surface area contributed by atoms with Crippen LogP contribution in [0.1, 0.15) is 6.92 Å². The molecule has 0 rings (SSSR count). The van der Waals surface area contributed by atoms with Gasteiger partial charge in [0.2, 0.25) is 0 Å². The van der Waals surface area contributed by atoms with Crippen LogP contribution in [0.5, 0.6) is 0 Å². The van der Waals surface area contributed by atoms with Gasteiger partial charge in [-0.05, 0) is 0 Å². The summed E-state index contributed by atoms with van der Waals surface area (Å²) in [6, 6.07) is 0. The monoisotopic (exact) mass is 177 g/mol. The second-order valence-electron chi connectivity index (χ2n) is 1.48. The Morgan fingerprint density at radius 1 is 1.44 bits per heavy atom. The summed E-state index contributed by atoms with van der Waals surface area (Å²) in [5.41, 5.74) is 9.51. The molecule has 0 aliphatic rings. The predicted molar refractivity (Wildman–Crippen MR) is 38.3 cm³/mol. The van der Waals surface area contributed by atoms with Crippen molar-refractivity contribution in [3.63, 3.8) is 0 Å². The lowest BCUT2D eigenvalue weighted by atomic mass is 10.5. The highest BCUT2D eigenvalue weighted by molar-refractivity contribution is 5.85. The maximum atomic E-state index is 9.58. The minimum Gasteiger partial charge on any atom is -0.261 e. The van der Waals surface area contributed by atoms with E-state index in [2.05, 4.69) is 0 Å². The van der Waals surface area contributed by atoms with Crippen molar-refractivity contribution in [1.29, 1.82) is 0 Å². The lowest BCUT2D eigenvalue weighted by Crippen LogP contribution is -2.53. The Morgan fingerprint density at radius 2 is 1.56 bits per heavy atom. The molecule has 0 aromatic rings. The molecule has 0 aromatic carbocycles. The van der Waals surface area contributed by atoms with Crippen LogP contribution in [0.3, 0.4) is 0 Å². The highest BCUT2D eigenvalue weighted by Gasteiger charge is 2.23. The zero-order valence-corrected chi connectivity index (χ0v) is 6.37. The van der Waals surface area contributed by atoms with E-state index in [1.807, 2.05) is 0 Å². The smallest absolute Gasteiger partial charge is 0.261 e. The van der Waals surface area contributed by atoms with Crippen LogP contribution >= 0.6 is 24.8 Å². The molecule has 0 bridgehead atoms. The standard InChI is InChI=1S/C2H7N3O2.2ClH/c1-2(3,4)5(6)7;;/h3-4H2,1H3;2*1H. The van der Waals surface area contributed by atoms with Crippen molar-refractivity contribution in [1.82, 2.24) is 0 Å². The molecule has 0 saturated heterocycles. The van der Waals surface area contributed by atoms with E-state index in [0.717, 1.165) is 6.92 Å². The van der Waals surface area contributed by atoms with Crippen LogP contribution in [-0.2, 0) is 0 Å². The van der Waals surface area contributed by atoms with Gasteiger partial charge in [0.05, 0.1) is 4.92 Å². The van der Waals surface area contributed by atoms with Crippen molar-refractivity contribution in [2.45, 2.75) is 12.7 Å². The normalized spacial score (nSPS) is 8.78. The summed E-state index contributed by atoms with van der Waals surface area (Å²) in [5, 5.41) is 9.58. The summed E-state index contributed by atoms with van der Waals surface area (Å²) in [6.07, 6.45) is 0. The summed E-state index contributed by atoms with van der Waals surface area (Å²) >= 11 is 0. The molecule has 7 heteroatoms. The third-order valence-electron chi connectivity index (χ3n) is 0.393. The Morgan fingerprint density at radius 3 is 1.56 bits per heavy atom. The Balaban J connectivity index is -0.000000180. The third kappa shape index (κ3) is 7.90. The van der Waals surface area contributed by atoms with Crippen molar-refractivity contribution >= 4 is 24.8 Å². The summed E-state index contributed by atoms with van der Waals surface area (Å²) in [7, 11) is 0. The number of nitrogens with zero attached hydrogens (tertiary/aromatic N) is 1. The topological polar surface area (TPSA) is 95.2 Å². The van der Waals surface area contributed by atoms with Crippen molar-refractivity contribution in [3.05, 3.63) is 10.1 Å². The number of hydrogen-bond donors (Lipinski definition) is 2. The number of hydrogen-bond acceptors (Lipinski definition) is 4. The highest BCUT2D eigenvalue weighted by Crippen LogP contribution is 1.84. The molecule has 0 heterocycles. The van der Waals surface area contributed by atoms with Gasteiger partial charge in [-0.1, -0.05) is 0 Å². The van der Waals surface area contributed by atoms with Crippen molar-refractivity contribution in [2.24, 2.45) is 11.5 Å². The Labute approximate surface area is 64.7 Å². The van der Waals surface area contributed by atoms with Crippen LogP contribution in [0, 0.1) is 10.1 Å². The summed E-state index contributed by atoms with van der Waals surface area (Å²) in [6.45, 7) is 1.12. The molecular formula is C2H9Cl2N3O2. The van der Waals surface area contributed by atoms with Gasteiger partial charge in [0.25, 0.3) is 0 Å². The lowest BCUT2D eigenvalue weighted by molar-refractivity contribution is -0.563. The van der Waals surface area contributed by atoms with E-state index in [0.29, 0.717) is 0 Å². The molecule has 4 N–H and O–H groups in total. The van der Waals surface area contributed by atoms with Crippen molar-refractivity contribution in [2.75, 3.05) is 0 Å². The van der Waals surface area contributed by atoms with E-state index < -0.39 is 10.7 Å². The number of halogens is 2. The first-order valence-electron chi connectivity index (χ1n) is 1.67. The van der Waals surface area contributed by atoms with Crippen LogP contribution in [-0.4, -0.2) is 10.7 Å². The number of nitrogens with two attached hydrogens (primary N) is 2. The quantitative estimate of drug-likeness (QED) is 0.327. The minimum atomic E-state index is -1.78. The van der Waals surface area contributed by atoms with Gasteiger partial charge in [-0.2, -0.15) is 0 Å². The molecule has 0 amide bonds. The maximum Gasteiger partial charge on any atom is 0.324 e. The molecule has 0 fully saturated rings. The second kappa shape index (κ2) is 4.75. The van der Waals surface area contributed by atoms with Gasteiger partial charge in [0.1, 0.15) is 0 Å². The molecular weight excluding hydrogens is 169 g/mol. The molecule has 0 unspecified atom stereocenters. The van der Waals surface area contributed by atoms with Gasteiger partial charge in [0.15, 0.2) is 0 Å². The van der Waals surface area contributed by atoms with E-state index >= 15 is 0 Å². The molecule has 0 aliphatic heterocycles. The van der Waals surface area contributed by atoms with Gasteiger partial charge >= 0.3 is 5.79 Å². The molecule has 0 saturated carbocycles. The second-order valence-corrected chi connectivity index (χ2v) is 1.48. The summed E-state index contributed by atoms with van der Waals surface area (Å²) in [4.78, 5) is 8.82. The van der Waals surface area contributed by atoms with E-state index in [1.165, 1.54) is 0 Å². The molecule has 58 valence electrons. The predicted octanol–water partition coefficient (Wildman–Crippen LogP) is -0.302. The van der Waals surface area contributed by atoms with E-state index in [9.17, 15) is 10.1 Å². The molecule has 0 spiro atoms. The Kier molecular flexibility index (Phi) is 8.42. The van der Waals surface area contributed by atoms with Gasteiger partial charge in [0, 0.05) is 6.92 Å². The van der Waals surface area contributed by atoms with Crippen molar-refractivity contribution in [3.8, 4) is 0 Å². The van der Waals surface area contributed by atoms with Crippen LogP contribution in [0.25, 0.3) is 0 Å². The van der Waals surface area contributed by atoms with Crippen LogP contribution in [0.2, 0.25) is 0 Å². The number of nitro groups is 1. The zero-order valence-electron chi connectivity index (χ0n) is 4.73. The molecule has 9 heavy (non-hydrogen) atoms. The number of rotatable bonds is 1. The maximum absolute atomic E-state index is 9.58. The van der Waals surface area contributed by atoms with Gasteiger partial charge < -0.3 is 0 Å². The molecule has 0 atom stereocenters.